The molecular formula is C17H17ClF3N5O. The molecule has 0 spiro atoms. The fourth-order valence-electron chi connectivity index (χ4n) is 3.00. The highest BCUT2D eigenvalue weighted by Crippen LogP contribution is 2.34. The molecule has 2 aromatic heterocycles. The molecule has 0 fully saturated rings. The van der Waals surface area contributed by atoms with Gasteiger partial charge in [0.2, 0.25) is 5.82 Å². The van der Waals surface area contributed by atoms with Crippen molar-refractivity contribution in [2.45, 2.75) is 19.3 Å². The second kappa shape index (κ2) is 6.97. The van der Waals surface area contributed by atoms with E-state index in [4.69, 9.17) is 11.6 Å². The first-order valence-electron chi connectivity index (χ1n) is 8.02. The van der Waals surface area contributed by atoms with E-state index in [0.717, 1.165) is 10.1 Å². The van der Waals surface area contributed by atoms with Gasteiger partial charge in [-0.25, -0.2) is 9.97 Å². The number of nitrogens with zero attached hydrogens (tertiary/aromatic N) is 4. The molecule has 2 heterocycles. The zero-order valence-corrected chi connectivity index (χ0v) is 15.6. The van der Waals surface area contributed by atoms with Gasteiger partial charge in [-0.05, 0) is 31.8 Å². The maximum absolute atomic E-state index is 13.1. The van der Waals surface area contributed by atoms with Crippen LogP contribution in [0.25, 0.3) is 21.9 Å². The highest BCUT2D eigenvalue weighted by Gasteiger charge is 2.31. The van der Waals surface area contributed by atoms with Gasteiger partial charge in [0.25, 0.3) is 5.91 Å². The molecule has 0 saturated heterocycles. The van der Waals surface area contributed by atoms with Crippen LogP contribution in [0.15, 0.2) is 18.2 Å². The van der Waals surface area contributed by atoms with Crippen molar-refractivity contribution in [1.82, 2.24) is 24.8 Å². The fraction of sp³-hybridized carbons (Fsp3) is 0.353. The van der Waals surface area contributed by atoms with Gasteiger partial charge in [0.1, 0.15) is 17.6 Å². The molecule has 0 bridgehead atoms. The Bertz CT molecular complexity index is 1030. The van der Waals surface area contributed by atoms with Crippen LogP contribution in [0.1, 0.15) is 16.2 Å². The topological polar surface area (TPSA) is 63.1 Å². The predicted octanol–water partition coefficient (Wildman–Crippen LogP) is 3.22. The van der Waals surface area contributed by atoms with Crippen LogP contribution in [0.4, 0.5) is 13.2 Å². The standard InChI is InChI=1S/C17H17ClF3N5O/c1-22-16(27)15-23-12-10-6-9(7-25(2)3)4-5-11(10)26(8-17(19,20)21)13(12)14(18)24-15/h4-6H,7-8H2,1-3H3,(H,22,27). The molecule has 0 unspecified atom stereocenters. The van der Waals surface area contributed by atoms with Crippen molar-refractivity contribution in [2.75, 3.05) is 21.1 Å². The summed E-state index contributed by atoms with van der Waals surface area (Å²) in [5.74, 6) is -0.765. The monoisotopic (exact) mass is 399 g/mol. The van der Waals surface area contributed by atoms with Crippen LogP contribution in [0.3, 0.4) is 0 Å². The van der Waals surface area contributed by atoms with Crippen molar-refractivity contribution in [3.8, 4) is 0 Å². The zero-order valence-electron chi connectivity index (χ0n) is 14.9. The third-order valence-corrected chi connectivity index (χ3v) is 4.25. The number of halogens is 4. The summed E-state index contributed by atoms with van der Waals surface area (Å²) in [6.07, 6.45) is -4.45. The molecule has 0 atom stereocenters. The second-order valence-electron chi connectivity index (χ2n) is 6.40. The molecule has 0 radical (unpaired) electrons. The molecule has 27 heavy (non-hydrogen) atoms. The lowest BCUT2D eigenvalue weighted by Gasteiger charge is -2.12. The molecule has 144 valence electrons. The van der Waals surface area contributed by atoms with Gasteiger partial charge in [0.15, 0.2) is 5.15 Å². The average molecular weight is 400 g/mol. The molecule has 0 saturated carbocycles. The average Bonchev–Trinajstić information content (AvgIpc) is 2.86. The van der Waals surface area contributed by atoms with Gasteiger partial charge in [-0.3, -0.25) is 4.79 Å². The van der Waals surface area contributed by atoms with Crippen molar-refractivity contribution < 1.29 is 18.0 Å². The number of benzene rings is 1. The molecule has 1 aromatic carbocycles. The summed E-state index contributed by atoms with van der Waals surface area (Å²) in [6.45, 7) is -0.634. The molecule has 0 aliphatic heterocycles. The SMILES string of the molecule is CNC(=O)c1nc(Cl)c2c(n1)c1cc(CN(C)C)ccc1n2CC(F)(F)F. The summed E-state index contributed by atoms with van der Waals surface area (Å²) in [7, 11) is 5.19. The fourth-order valence-corrected chi connectivity index (χ4v) is 3.28. The number of hydrogen-bond acceptors (Lipinski definition) is 4. The van der Waals surface area contributed by atoms with E-state index in [1.165, 1.54) is 7.05 Å². The Morgan fingerprint density at radius 3 is 2.59 bits per heavy atom. The maximum atomic E-state index is 13.1. The third kappa shape index (κ3) is 3.84. The van der Waals surface area contributed by atoms with Gasteiger partial charge in [0, 0.05) is 19.0 Å². The maximum Gasteiger partial charge on any atom is 0.406 e. The summed E-state index contributed by atoms with van der Waals surface area (Å²) in [6, 6.07) is 5.13. The number of aromatic nitrogens is 3. The Kier molecular flexibility index (Phi) is 5.00. The normalized spacial score (nSPS) is 12.3. The zero-order chi connectivity index (χ0) is 19.9. The van der Waals surface area contributed by atoms with Crippen molar-refractivity contribution in [2.24, 2.45) is 0 Å². The van der Waals surface area contributed by atoms with Gasteiger partial charge in [-0.2, -0.15) is 13.2 Å². The molecule has 0 aliphatic rings. The van der Waals surface area contributed by atoms with Crippen molar-refractivity contribution in [1.29, 1.82) is 0 Å². The molecular weight excluding hydrogens is 383 g/mol. The Hall–Kier alpha value is -2.39. The Labute approximate surface area is 157 Å². The second-order valence-corrected chi connectivity index (χ2v) is 6.76. The number of rotatable bonds is 4. The first-order chi connectivity index (χ1) is 12.6. The number of hydrogen-bond donors (Lipinski definition) is 1. The van der Waals surface area contributed by atoms with Crippen LogP contribution in [0, 0.1) is 0 Å². The van der Waals surface area contributed by atoms with E-state index in [1.807, 2.05) is 19.0 Å². The number of fused-ring (bicyclic) bond motifs is 3. The minimum Gasteiger partial charge on any atom is -0.352 e. The summed E-state index contributed by atoms with van der Waals surface area (Å²) in [5, 5.41) is 2.68. The van der Waals surface area contributed by atoms with E-state index in [0.29, 0.717) is 17.4 Å². The summed E-state index contributed by atoms with van der Waals surface area (Å²) in [5.41, 5.74) is 1.50. The van der Waals surface area contributed by atoms with Crippen molar-refractivity contribution >= 4 is 39.4 Å². The Balaban J connectivity index is 2.36. The van der Waals surface area contributed by atoms with E-state index in [2.05, 4.69) is 15.3 Å². The van der Waals surface area contributed by atoms with Crippen LogP contribution in [-0.2, 0) is 13.1 Å². The lowest BCUT2D eigenvalue weighted by atomic mass is 10.1. The van der Waals surface area contributed by atoms with Crippen LogP contribution in [0.5, 0.6) is 0 Å². The van der Waals surface area contributed by atoms with E-state index in [-0.39, 0.29) is 22.0 Å². The predicted molar refractivity (Wildman–Crippen MR) is 96.9 cm³/mol. The van der Waals surface area contributed by atoms with E-state index in [1.54, 1.807) is 18.2 Å². The minimum absolute atomic E-state index is 0.0543. The van der Waals surface area contributed by atoms with Gasteiger partial charge >= 0.3 is 6.18 Å². The molecule has 1 amide bonds. The lowest BCUT2D eigenvalue weighted by molar-refractivity contribution is -0.139. The largest absolute Gasteiger partial charge is 0.406 e. The van der Waals surface area contributed by atoms with Crippen LogP contribution in [0.2, 0.25) is 5.15 Å². The highest BCUT2D eigenvalue weighted by molar-refractivity contribution is 6.35. The quantitative estimate of drug-likeness (QED) is 0.684. The molecule has 1 N–H and O–H groups in total. The van der Waals surface area contributed by atoms with Crippen molar-refractivity contribution in [3.63, 3.8) is 0 Å². The smallest absolute Gasteiger partial charge is 0.352 e. The molecule has 3 aromatic rings. The number of alkyl halides is 3. The Morgan fingerprint density at radius 1 is 1.30 bits per heavy atom. The Morgan fingerprint density at radius 2 is 2.00 bits per heavy atom. The number of nitrogens with one attached hydrogen (secondary N) is 1. The molecule has 3 rings (SSSR count). The summed E-state index contributed by atoms with van der Waals surface area (Å²) in [4.78, 5) is 21.9. The van der Waals surface area contributed by atoms with Gasteiger partial charge in [0.05, 0.1) is 5.52 Å². The van der Waals surface area contributed by atoms with Crippen LogP contribution < -0.4 is 5.32 Å². The molecule has 6 nitrogen and oxygen atoms in total. The van der Waals surface area contributed by atoms with Gasteiger partial charge < -0.3 is 14.8 Å². The number of carbonyl (C=O) groups is 1. The number of carbonyl (C=O) groups excluding carboxylic acids is 1. The van der Waals surface area contributed by atoms with Crippen molar-refractivity contribution in [3.05, 3.63) is 34.7 Å². The third-order valence-electron chi connectivity index (χ3n) is 3.98. The van der Waals surface area contributed by atoms with E-state index >= 15 is 0 Å². The highest BCUT2D eigenvalue weighted by atomic mass is 35.5. The van der Waals surface area contributed by atoms with E-state index < -0.39 is 18.6 Å². The minimum atomic E-state index is -4.45. The summed E-state index contributed by atoms with van der Waals surface area (Å²) >= 11 is 6.17. The van der Waals surface area contributed by atoms with E-state index in [9.17, 15) is 18.0 Å². The molecule has 0 aliphatic carbocycles. The van der Waals surface area contributed by atoms with Gasteiger partial charge in [-0.15, -0.1) is 0 Å². The summed E-state index contributed by atoms with van der Waals surface area (Å²) < 4.78 is 40.5. The molecule has 10 heteroatoms. The lowest BCUT2D eigenvalue weighted by Crippen LogP contribution is -2.21. The van der Waals surface area contributed by atoms with Crippen LogP contribution >= 0.6 is 11.6 Å². The number of amides is 1. The van der Waals surface area contributed by atoms with Crippen LogP contribution in [-0.4, -0.2) is 52.7 Å². The first-order valence-corrected chi connectivity index (χ1v) is 8.40. The first kappa shape index (κ1) is 19.4. The van der Waals surface area contributed by atoms with Gasteiger partial charge in [-0.1, -0.05) is 17.7 Å².